The number of benzene rings is 3. The van der Waals surface area contributed by atoms with E-state index in [-0.39, 0.29) is 12.4 Å². The summed E-state index contributed by atoms with van der Waals surface area (Å²) in [5, 5.41) is 2.15. The first kappa shape index (κ1) is 21.1. The number of ether oxygens (including phenoxy) is 1. The van der Waals surface area contributed by atoms with Gasteiger partial charge in [-0.05, 0) is 85.1 Å². The van der Waals surface area contributed by atoms with Crippen molar-refractivity contribution in [3.8, 4) is 5.75 Å². The summed E-state index contributed by atoms with van der Waals surface area (Å²) in [6.45, 7) is 0.269. The molecule has 1 aromatic heterocycles. The Balaban J connectivity index is 1.42. The highest BCUT2D eigenvalue weighted by atomic mass is 79.9. The van der Waals surface area contributed by atoms with Crippen LogP contribution in [-0.4, -0.2) is 5.78 Å². The molecule has 0 aliphatic heterocycles. The molecule has 3 aromatic carbocycles. The van der Waals surface area contributed by atoms with E-state index in [1.54, 1.807) is 6.08 Å². The Hall–Kier alpha value is -2.15. The largest absolute Gasteiger partial charge is 0.483 e. The molecule has 0 aliphatic carbocycles. The van der Waals surface area contributed by atoms with E-state index in [4.69, 9.17) is 9.15 Å². The fourth-order valence-electron chi connectivity index (χ4n) is 2.97. The molecule has 0 aliphatic rings. The fourth-order valence-corrected chi connectivity index (χ4v) is 5.46. The van der Waals surface area contributed by atoms with Crippen molar-refractivity contribution < 1.29 is 13.9 Å². The molecule has 150 valence electrons. The van der Waals surface area contributed by atoms with Crippen molar-refractivity contribution >= 4 is 70.4 Å². The Kier molecular flexibility index (Phi) is 6.56. The Morgan fingerprint density at radius 1 is 0.900 bits per heavy atom. The number of carbonyl (C=O) groups excluding carboxylic acids is 1. The van der Waals surface area contributed by atoms with Crippen molar-refractivity contribution in [2.45, 2.75) is 6.61 Å². The van der Waals surface area contributed by atoms with E-state index in [0.29, 0.717) is 22.8 Å². The summed E-state index contributed by atoms with van der Waals surface area (Å²) in [5.41, 5.74) is 0.644. The Labute approximate surface area is 199 Å². The van der Waals surface area contributed by atoms with Crippen LogP contribution in [0.2, 0.25) is 0 Å². The van der Waals surface area contributed by atoms with Crippen LogP contribution in [0, 0.1) is 0 Å². The van der Waals surface area contributed by atoms with Crippen LogP contribution in [-0.2, 0) is 6.61 Å². The summed E-state index contributed by atoms with van der Waals surface area (Å²) < 4.78 is 14.2. The second kappa shape index (κ2) is 9.33. The van der Waals surface area contributed by atoms with E-state index < -0.39 is 0 Å². The van der Waals surface area contributed by atoms with Gasteiger partial charge in [0.1, 0.15) is 23.9 Å². The summed E-state index contributed by atoms with van der Waals surface area (Å²) >= 11 is 10.4. The molecule has 0 unspecified atom stereocenters. The lowest BCUT2D eigenvalue weighted by atomic mass is 10.0. The van der Waals surface area contributed by atoms with Crippen molar-refractivity contribution in [2.24, 2.45) is 0 Å². The summed E-state index contributed by atoms with van der Waals surface area (Å²) in [6, 6.07) is 21.1. The predicted molar refractivity (Wildman–Crippen MR) is 130 cm³/mol. The molecule has 0 spiro atoms. The van der Waals surface area contributed by atoms with E-state index >= 15 is 0 Å². The summed E-state index contributed by atoms with van der Waals surface area (Å²) in [5.74, 6) is 1.88. The minimum absolute atomic E-state index is 0.0716. The standard InChI is InChI=1S/C24H15Br3O3/c25-18-12-21(26)24(22(27)13-18)29-14-20-8-7-19(30-20)9-10-23(28)17-6-5-15-3-1-2-4-16(15)11-17/h1-13H,14H2/b10-9+. The minimum Gasteiger partial charge on any atom is -0.483 e. The number of carbonyl (C=O) groups is 1. The maximum absolute atomic E-state index is 12.5. The van der Waals surface area contributed by atoms with Crippen LogP contribution in [0.15, 0.2) is 90.6 Å². The molecule has 0 atom stereocenters. The van der Waals surface area contributed by atoms with Crippen LogP contribution < -0.4 is 4.74 Å². The van der Waals surface area contributed by atoms with Gasteiger partial charge in [0.2, 0.25) is 0 Å². The van der Waals surface area contributed by atoms with Gasteiger partial charge in [0.05, 0.1) is 8.95 Å². The van der Waals surface area contributed by atoms with Crippen LogP contribution in [0.4, 0.5) is 0 Å². The molecule has 4 rings (SSSR count). The van der Waals surface area contributed by atoms with Crippen LogP contribution >= 0.6 is 47.8 Å². The molecule has 3 nitrogen and oxygen atoms in total. The third-order valence-corrected chi connectivity index (χ3v) is 6.07. The van der Waals surface area contributed by atoms with E-state index in [0.717, 1.165) is 24.2 Å². The lowest BCUT2D eigenvalue weighted by Crippen LogP contribution is -1.95. The lowest BCUT2D eigenvalue weighted by molar-refractivity contribution is 0.104. The normalized spacial score (nSPS) is 11.3. The summed E-state index contributed by atoms with van der Waals surface area (Å²) in [4.78, 5) is 12.5. The number of hydrogen-bond acceptors (Lipinski definition) is 3. The molecule has 6 heteroatoms. The molecule has 30 heavy (non-hydrogen) atoms. The molecule has 0 N–H and O–H groups in total. The molecule has 0 bridgehead atoms. The van der Waals surface area contributed by atoms with Crippen molar-refractivity contribution in [1.29, 1.82) is 0 Å². The zero-order chi connectivity index (χ0) is 21.1. The molecule has 4 aromatic rings. The smallest absolute Gasteiger partial charge is 0.185 e. The maximum atomic E-state index is 12.5. The second-order valence-corrected chi connectivity index (χ2v) is 9.18. The van der Waals surface area contributed by atoms with Gasteiger partial charge in [-0.25, -0.2) is 0 Å². The molecule has 0 fully saturated rings. The average Bonchev–Trinajstić information content (AvgIpc) is 3.18. The number of ketones is 1. The zero-order valence-corrected chi connectivity index (χ0v) is 20.3. The van der Waals surface area contributed by atoms with E-state index in [2.05, 4.69) is 47.8 Å². The lowest BCUT2D eigenvalue weighted by Gasteiger charge is -2.09. The van der Waals surface area contributed by atoms with Crippen LogP contribution in [0.1, 0.15) is 21.9 Å². The Bertz CT molecular complexity index is 1230. The van der Waals surface area contributed by atoms with Crippen molar-refractivity contribution in [2.75, 3.05) is 0 Å². The molecule has 0 saturated heterocycles. The van der Waals surface area contributed by atoms with Gasteiger partial charge in [-0.2, -0.15) is 0 Å². The van der Waals surface area contributed by atoms with Crippen molar-refractivity contribution in [3.05, 3.63) is 103 Å². The Morgan fingerprint density at radius 3 is 2.40 bits per heavy atom. The predicted octanol–water partition coefficient (Wildman–Crippen LogP) is 8.20. The first-order chi connectivity index (χ1) is 14.5. The molecular weight excluding hydrogens is 576 g/mol. The van der Waals surface area contributed by atoms with Crippen LogP contribution in [0.5, 0.6) is 5.75 Å². The van der Waals surface area contributed by atoms with Gasteiger partial charge in [-0.1, -0.05) is 52.3 Å². The minimum atomic E-state index is -0.0716. The SMILES string of the molecule is O=C(/C=C/c1ccc(COc2c(Br)cc(Br)cc2Br)o1)c1ccc2ccccc2c1. The van der Waals surface area contributed by atoms with E-state index in [1.165, 1.54) is 6.08 Å². The number of fused-ring (bicyclic) bond motifs is 1. The Morgan fingerprint density at radius 2 is 1.63 bits per heavy atom. The number of halogens is 3. The summed E-state index contributed by atoms with van der Waals surface area (Å²) in [6.07, 6.45) is 3.20. The van der Waals surface area contributed by atoms with E-state index in [1.807, 2.05) is 66.7 Å². The quantitative estimate of drug-likeness (QED) is 0.168. The van der Waals surface area contributed by atoms with Gasteiger partial charge in [0, 0.05) is 10.0 Å². The third-order valence-electron chi connectivity index (χ3n) is 4.44. The molecule has 1 heterocycles. The highest BCUT2D eigenvalue weighted by Crippen LogP contribution is 2.37. The van der Waals surface area contributed by atoms with Crippen LogP contribution in [0.25, 0.3) is 16.8 Å². The molecular formula is C24H15Br3O3. The first-order valence-corrected chi connectivity index (χ1v) is 11.4. The number of allylic oxidation sites excluding steroid dienone is 1. The molecule has 0 radical (unpaired) electrons. The van der Waals surface area contributed by atoms with Gasteiger partial charge in [0.25, 0.3) is 0 Å². The van der Waals surface area contributed by atoms with Crippen molar-refractivity contribution in [3.63, 3.8) is 0 Å². The average molecular weight is 591 g/mol. The van der Waals surface area contributed by atoms with Gasteiger partial charge in [-0.3, -0.25) is 4.79 Å². The first-order valence-electron chi connectivity index (χ1n) is 9.07. The molecule has 0 saturated carbocycles. The van der Waals surface area contributed by atoms with Crippen LogP contribution in [0.3, 0.4) is 0 Å². The highest BCUT2D eigenvalue weighted by Gasteiger charge is 2.10. The van der Waals surface area contributed by atoms with E-state index in [9.17, 15) is 4.79 Å². The van der Waals surface area contributed by atoms with Gasteiger partial charge >= 0.3 is 0 Å². The fraction of sp³-hybridized carbons (Fsp3) is 0.0417. The zero-order valence-electron chi connectivity index (χ0n) is 15.6. The van der Waals surface area contributed by atoms with Crippen molar-refractivity contribution in [1.82, 2.24) is 0 Å². The number of hydrogen-bond donors (Lipinski definition) is 0. The summed E-state index contributed by atoms with van der Waals surface area (Å²) in [7, 11) is 0. The number of furan rings is 1. The monoisotopic (exact) mass is 588 g/mol. The second-order valence-electron chi connectivity index (χ2n) is 6.55. The maximum Gasteiger partial charge on any atom is 0.185 e. The van der Waals surface area contributed by atoms with Gasteiger partial charge in [0.15, 0.2) is 5.78 Å². The molecule has 0 amide bonds. The topological polar surface area (TPSA) is 39.4 Å². The van der Waals surface area contributed by atoms with Gasteiger partial charge in [-0.15, -0.1) is 0 Å². The third kappa shape index (κ3) is 4.94. The number of rotatable bonds is 6. The van der Waals surface area contributed by atoms with Gasteiger partial charge < -0.3 is 9.15 Å². The highest BCUT2D eigenvalue weighted by molar-refractivity contribution is 9.11.